The monoisotopic (exact) mass is 275 g/mol. The van der Waals surface area contributed by atoms with Gasteiger partial charge in [-0.1, -0.05) is 26.2 Å². The third kappa shape index (κ3) is 4.22. The van der Waals surface area contributed by atoms with E-state index in [2.05, 4.69) is 22.1 Å². The topological polar surface area (TPSA) is 45.2 Å². The first-order valence-corrected chi connectivity index (χ1v) is 7.79. The van der Waals surface area contributed by atoms with E-state index in [9.17, 15) is 4.79 Å². The minimum atomic E-state index is -0.0115. The zero-order chi connectivity index (χ0) is 14.2. The fourth-order valence-electron chi connectivity index (χ4n) is 2.53. The molecule has 2 heterocycles. The molecule has 20 heavy (non-hydrogen) atoms. The molecule has 0 radical (unpaired) electrons. The minimum absolute atomic E-state index is 0.0115. The molecule has 0 atom stereocenters. The number of rotatable bonds is 5. The van der Waals surface area contributed by atoms with Gasteiger partial charge in [0.1, 0.15) is 0 Å². The SMILES string of the molecule is CCCCNC(=O)c1cncc(N2CCCCCC2)c1. The van der Waals surface area contributed by atoms with Gasteiger partial charge in [-0.3, -0.25) is 9.78 Å². The highest BCUT2D eigenvalue weighted by Gasteiger charge is 2.12. The largest absolute Gasteiger partial charge is 0.370 e. The lowest BCUT2D eigenvalue weighted by Gasteiger charge is -2.22. The molecule has 2 rings (SSSR count). The zero-order valence-corrected chi connectivity index (χ0v) is 12.4. The van der Waals surface area contributed by atoms with Crippen LogP contribution in [0.2, 0.25) is 0 Å². The van der Waals surface area contributed by atoms with Crippen LogP contribution in [0.25, 0.3) is 0 Å². The lowest BCUT2D eigenvalue weighted by Crippen LogP contribution is -2.26. The van der Waals surface area contributed by atoms with Gasteiger partial charge in [0.05, 0.1) is 17.4 Å². The van der Waals surface area contributed by atoms with Gasteiger partial charge in [-0.2, -0.15) is 0 Å². The van der Waals surface area contributed by atoms with Gasteiger partial charge in [-0.15, -0.1) is 0 Å². The summed E-state index contributed by atoms with van der Waals surface area (Å²) in [6.07, 6.45) is 10.7. The van der Waals surface area contributed by atoms with E-state index in [4.69, 9.17) is 0 Å². The molecule has 1 saturated heterocycles. The summed E-state index contributed by atoms with van der Waals surface area (Å²) in [6.45, 7) is 5.00. The molecule has 0 unspecified atom stereocenters. The Labute approximate surface area is 121 Å². The molecule has 1 aromatic rings. The lowest BCUT2D eigenvalue weighted by molar-refractivity contribution is 0.0953. The van der Waals surface area contributed by atoms with E-state index in [0.717, 1.165) is 38.2 Å². The number of hydrogen-bond donors (Lipinski definition) is 1. The summed E-state index contributed by atoms with van der Waals surface area (Å²) in [5.41, 5.74) is 1.75. The Morgan fingerprint density at radius 1 is 1.25 bits per heavy atom. The van der Waals surface area contributed by atoms with Gasteiger partial charge in [0.15, 0.2) is 0 Å². The number of unbranched alkanes of at least 4 members (excludes halogenated alkanes) is 1. The van der Waals surface area contributed by atoms with Crippen LogP contribution in [0.1, 0.15) is 55.8 Å². The van der Waals surface area contributed by atoms with Crippen molar-refractivity contribution in [2.24, 2.45) is 0 Å². The van der Waals surface area contributed by atoms with E-state index >= 15 is 0 Å². The van der Waals surface area contributed by atoms with Crippen molar-refractivity contribution in [2.75, 3.05) is 24.5 Å². The molecule has 1 aromatic heterocycles. The highest BCUT2D eigenvalue weighted by molar-refractivity contribution is 5.94. The molecule has 4 nitrogen and oxygen atoms in total. The molecule has 0 aliphatic carbocycles. The molecule has 0 spiro atoms. The van der Waals surface area contributed by atoms with E-state index in [1.54, 1.807) is 6.20 Å². The second-order valence-corrected chi connectivity index (χ2v) is 5.44. The van der Waals surface area contributed by atoms with Gasteiger partial charge in [-0.25, -0.2) is 0 Å². The molecule has 1 amide bonds. The first kappa shape index (κ1) is 14.8. The molecule has 0 bridgehead atoms. The van der Waals surface area contributed by atoms with Gasteiger partial charge in [-0.05, 0) is 25.3 Å². The quantitative estimate of drug-likeness (QED) is 0.840. The van der Waals surface area contributed by atoms with Crippen molar-refractivity contribution >= 4 is 11.6 Å². The lowest BCUT2D eigenvalue weighted by atomic mass is 10.2. The summed E-state index contributed by atoms with van der Waals surface area (Å²) in [5, 5.41) is 2.94. The fraction of sp³-hybridized carbons (Fsp3) is 0.625. The van der Waals surface area contributed by atoms with Crippen LogP contribution in [0.15, 0.2) is 18.5 Å². The molecule has 1 fully saturated rings. The average Bonchev–Trinajstić information content (AvgIpc) is 2.76. The van der Waals surface area contributed by atoms with Gasteiger partial charge >= 0.3 is 0 Å². The Hall–Kier alpha value is -1.58. The Morgan fingerprint density at radius 3 is 2.70 bits per heavy atom. The smallest absolute Gasteiger partial charge is 0.252 e. The van der Waals surface area contributed by atoms with E-state index < -0.39 is 0 Å². The van der Waals surface area contributed by atoms with Crippen LogP contribution in [0.4, 0.5) is 5.69 Å². The van der Waals surface area contributed by atoms with Crippen molar-refractivity contribution in [3.05, 3.63) is 24.0 Å². The normalized spacial score (nSPS) is 15.8. The number of carbonyl (C=O) groups is 1. The summed E-state index contributed by atoms with van der Waals surface area (Å²) in [4.78, 5) is 18.6. The first-order chi connectivity index (χ1) is 9.81. The van der Waals surface area contributed by atoms with Crippen molar-refractivity contribution in [1.82, 2.24) is 10.3 Å². The Bertz CT molecular complexity index is 425. The number of nitrogens with one attached hydrogen (secondary N) is 1. The summed E-state index contributed by atoms with van der Waals surface area (Å²) in [5.74, 6) is -0.0115. The molecular formula is C16H25N3O. The number of pyridine rings is 1. The summed E-state index contributed by atoms with van der Waals surface area (Å²) in [7, 11) is 0. The third-order valence-electron chi connectivity index (χ3n) is 3.77. The number of aromatic nitrogens is 1. The van der Waals surface area contributed by atoms with Crippen molar-refractivity contribution < 1.29 is 4.79 Å². The van der Waals surface area contributed by atoms with Crippen LogP contribution in [0.5, 0.6) is 0 Å². The van der Waals surface area contributed by atoms with Crippen LogP contribution < -0.4 is 10.2 Å². The molecule has 1 aliphatic rings. The van der Waals surface area contributed by atoms with Gasteiger partial charge in [0.2, 0.25) is 0 Å². The van der Waals surface area contributed by atoms with Crippen LogP contribution in [-0.4, -0.2) is 30.5 Å². The Kier molecular flexibility index (Phi) is 5.84. The second kappa shape index (κ2) is 7.88. The van der Waals surface area contributed by atoms with Crippen molar-refractivity contribution in [3.8, 4) is 0 Å². The van der Waals surface area contributed by atoms with Crippen LogP contribution in [-0.2, 0) is 0 Å². The summed E-state index contributed by atoms with van der Waals surface area (Å²) in [6, 6.07) is 1.97. The highest BCUT2D eigenvalue weighted by atomic mass is 16.1. The van der Waals surface area contributed by atoms with Gasteiger partial charge < -0.3 is 10.2 Å². The number of anilines is 1. The second-order valence-electron chi connectivity index (χ2n) is 5.44. The van der Waals surface area contributed by atoms with Gasteiger partial charge in [0, 0.05) is 25.8 Å². The standard InChI is InChI=1S/C16H25N3O/c1-2-3-8-18-16(20)14-11-15(13-17-12-14)19-9-6-4-5-7-10-19/h11-13H,2-10H2,1H3,(H,18,20). The van der Waals surface area contributed by atoms with Crippen molar-refractivity contribution in [2.45, 2.75) is 45.4 Å². The van der Waals surface area contributed by atoms with Crippen molar-refractivity contribution in [1.29, 1.82) is 0 Å². The average molecular weight is 275 g/mol. The fourth-order valence-corrected chi connectivity index (χ4v) is 2.53. The Balaban J connectivity index is 2.01. The maximum absolute atomic E-state index is 12.1. The summed E-state index contributed by atoms with van der Waals surface area (Å²) >= 11 is 0. The summed E-state index contributed by atoms with van der Waals surface area (Å²) < 4.78 is 0. The number of carbonyl (C=O) groups excluding carboxylic acids is 1. The van der Waals surface area contributed by atoms with Crippen molar-refractivity contribution in [3.63, 3.8) is 0 Å². The molecule has 1 aliphatic heterocycles. The number of hydrogen-bond acceptors (Lipinski definition) is 3. The molecule has 110 valence electrons. The van der Waals surface area contributed by atoms with Crippen LogP contribution in [0.3, 0.4) is 0 Å². The predicted octanol–water partition coefficient (Wildman–Crippen LogP) is 2.99. The Morgan fingerprint density at radius 2 is 2.00 bits per heavy atom. The molecule has 0 aromatic carbocycles. The van der Waals surface area contributed by atoms with E-state index in [0.29, 0.717) is 5.56 Å². The van der Waals surface area contributed by atoms with Crippen LogP contribution in [0, 0.1) is 0 Å². The first-order valence-electron chi connectivity index (χ1n) is 7.79. The van der Waals surface area contributed by atoms with E-state index in [1.807, 2.05) is 12.3 Å². The molecule has 0 saturated carbocycles. The van der Waals surface area contributed by atoms with Crippen LogP contribution >= 0.6 is 0 Å². The third-order valence-corrected chi connectivity index (χ3v) is 3.77. The molecule has 1 N–H and O–H groups in total. The maximum Gasteiger partial charge on any atom is 0.252 e. The minimum Gasteiger partial charge on any atom is -0.370 e. The zero-order valence-electron chi connectivity index (χ0n) is 12.4. The number of amides is 1. The van der Waals surface area contributed by atoms with E-state index in [-0.39, 0.29) is 5.91 Å². The predicted molar refractivity (Wildman–Crippen MR) is 82.2 cm³/mol. The molecule has 4 heteroatoms. The van der Waals surface area contributed by atoms with E-state index in [1.165, 1.54) is 25.7 Å². The highest BCUT2D eigenvalue weighted by Crippen LogP contribution is 2.19. The molecular weight excluding hydrogens is 250 g/mol. The number of nitrogens with zero attached hydrogens (tertiary/aromatic N) is 2. The van der Waals surface area contributed by atoms with Gasteiger partial charge in [0.25, 0.3) is 5.91 Å². The maximum atomic E-state index is 12.1.